The summed E-state index contributed by atoms with van der Waals surface area (Å²) in [6, 6.07) is 15.2. The fraction of sp³-hybridized carbons (Fsp3) is 0.375. The lowest BCUT2D eigenvalue weighted by atomic mass is 9.98. The van der Waals surface area contributed by atoms with Crippen molar-refractivity contribution < 1.29 is 47.0 Å². The topological polar surface area (TPSA) is 116 Å². The second-order valence-corrected chi connectivity index (χ2v) is 8.95. The highest BCUT2D eigenvalue weighted by Crippen LogP contribution is 2.44. The third-order valence-electron chi connectivity index (χ3n) is 5.25. The molecule has 0 saturated heterocycles. The molecule has 8 nitrogen and oxygen atoms in total. The van der Waals surface area contributed by atoms with Gasteiger partial charge < -0.3 is 29.5 Å². The number of benzene rings is 2. The number of ether oxygens (including phenoxy) is 1. The third kappa shape index (κ3) is 7.99. The number of hydrogen-bond acceptors (Lipinski definition) is 5. The van der Waals surface area contributed by atoms with Crippen LogP contribution in [0, 0.1) is 0 Å². The van der Waals surface area contributed by atoms with Gasteiger partial charge in [0, 0.05) is 12.3 Å². The van der Waals surface area contributed by atoms with E-state index in [1.54, 1.807) is 0 Å². The summed E-state index contributed by atoms with van der Waals surface area (Å²) in [4.78, 5) is 32.5. The maximum absolute atomic E-state index is 12.3. The van der Waals surface area contributed by atoms with Crippen LogP contribution >= 0.6 is 0 Å². The van der Waals surface area contributed by atoms with E-state index in [-0.39, 0.29) is 12.5 Å². The van der Waals surface area contributed by atoms with Gasteiger partial charge in [0.05, 0.1) is 27.7 Å². The van der Waals surface area contributed by atoms with Crippen molar-refractivity contribution in [2.45, 2.75) is 24.6 Å². The Balaban J connectivity index is 0.000000540. The summed E-state index contributed by atoms with van der Waals surface area (Å²) >= 11 is 0. The van der Waals surface area contributed by atoms with Gasteiger partial charge in [-0.3, -0.25) is 0 Å². The molecule has 1 atom stereocenters. The van der Waals surface area contributed by atoms with Crippen LogP contribution in [0.2, 0.25) is 0 Å². The van der Waals surface area contributed by atoms with Gasteiger partial charge in [0.2, 0.25) is 0 Å². The standard InChI is InChI=1S/C22H26N2O4.C2HF3O2/c1-24(2,3)13-12-20(21(25)26)23-22(27)28-14-19-17-10-6-4-8-15(17)16-9-5-7-11-18(16)19;3-2(4,5)1(6)7/h4-11,19-20H,12-14H2,1-3H3,(H-,23,25,26,27);(H,6,7). The molecular formula is C24H27F3N2O6. The number of hydrogen-bond donors (Lipinski definition) is 2. The number of halogens is 3. The van der Waals surface area contributed by atoms with Crippen LogP contribution in [0.4, 0.5) is 18.0 Å². The number of alkyl halides is 3. The lowest BCUT2D eigenvalue weighted by Crippen LogP contribution is -2.45. The molecule has 2 aromatic carbocycles. The first-order valence-electron chi connectivity index (χ1n) is 10.6. The van der Waals surface area contributed by atoms with Crippen molar-refractivity contribution in [1.82, 2.24) is 5.32 Å². The molecule has 11 heteroatoms. The van der Waals surface area contributed by atoms with Gasteiger partial charge in [0.15, 0.2) is 0 Å². The van der Waals surface area contributed by atoms with E-state index >= 15 is 0 Å². The highest BCUT2D eigenvalue weighted by Gasteiger charge is 2.30. The van der Waals surface area contributed by atoms with E-state index in [0.717, 1.165) is 22.3 Å². The summed E-state index contributed by atoms with van der Waals surface area (Å²) in [5.41, 5.74) is 4.55. The van der Waals surface area contributed by atoms with Gasteiger partial charge >= 0.3 is 18.2 Å². The molecule has 1 amide bonds. The van der Waals surface area contributed by atoms with Crippen LogP contribution in [-0.4, -0.2) is 74.1 Å². The molecule has 1 aliphatic carbocycles. The number of aliphatic carboxylic acids is 2. The number of alkyl carbamates (subject to hydrolysis) is 1. The van der Waals surface area contributed by atoms with E-state index in [1.807, 2.05) is 57.5 Å². The molecule has 0 aromatic heterocycles. The average Bonchev–Trinajstić information content (AvgIpc) is 3.08. The van der Waals surface area contributed by atoms with Gasteiger partial charge in [-0.15, -0.1) is 0 Å². The van der Waals surface area contributed by atoms with Gasteiger partial charge in [-0.25, -0.2) is 9.59 Å². The highest BCUT2D eigenvalue weighted by molar-refractivity contribution is 5.81. The second kappa shape index (κ2) is 11.2. The number of carbonyl (C=O) groups excluding carboxylic acids is 2. The second-order valence-electron chi connectivity index (χ2n) is 8.95. The first-order chi connectivity index (χ1) is 16.2. The number of carboxylic acid groups (broad SMARTS) is 2. The first-order valence-corrected chi connectivity index (χ1v) is 10.6. The Labute approximate surface area is 200 Å². The van der Waals surface area contributed by atoms with Crippen molar-refractivity contribution in [3.8, 4) is 11.1 Å². The molecule has 1 unspecified atom stereocenters. The summed E-state index contributed by atoms with van der Waals surface area (Å²) in [6.07, 6.45) is -5.56. The molecule has 0 spiro atoms. The summed E-state index contributed by atoms with van der Waals surface area (Å²) < 4.78 is 37.6. The first kappa shape index (κ1) is 27.6. The van der Waals surface area contributed by atoms with E-state index in [4.69, 9.17) is 14.6 Å². The molecule has 190 valence electrons. The Morgan fingerprint density at radius 3 is 1.89 bits per heavy atom. The number of carbonyl (C=O) groups is 3. The number of nitrogens with one attached hydrogen (secondary N) is 1. The molecule has 0 saturated carbocycles. The fourth-order valence-electron chi connectivity index (χ4n) is 3.56. The van der Waals surface area contributed by atoms with Crippen LogP contribution in [0.15, 0.2) is 48.5 Å². The zero-order valence-corrected chi connectivity index (χ0v) is 19.5. The van der Waals surface area contributed by atoms with E-state index < -0.39 is 30.2 Å². The van der Waals surface area contributed by atoms with Gasteiger partial charge in [-0.2, -0.15) is 13.2 Å². The number of carboxylic acids is 2. The van der Waals surface area contributed by atoms with Crippen molar-refractivity contribution >= 4 is 18.0 Å². The van der Waals surface area contributed by atoms with E-state index in [0.29, 0.717) is 17.4 Å². The molecule has 0 bridgehead atoms. The monoisotopic (exact) mass is 496 g/mol. The predicted molar refractivity (Wildman–Crippen MR) is 118 cm³/mol. The molecule has 3 rings (SSSR count). The Morgan fingerprint density at radius 2 is 1.49 bits per heavy atom. The van der Waals surface area contributed by atoms with Gasteiger partial charge in [-0.1, -0.05) is 48.5 Å². The zero-order valence-electron chi connectivity index (χ0n) is 19.5. The van der Waals surface area contributed by atoms with E-state index in [2.05, 4.69) is 17.4 Å². The number of quaternary nitrogens is 1. The maximum atomic E-state index is 12.3. The number of nitrogens with zero attached hydrogens (tertiary/aromatic N) is 1. The summed E-state index contributed by atoms with van der Waals surface area (Å²) in [5, 5.41) is 20.7. The Morgan fingerprint density at radius 1 is 1.03 bits per heavy atom. The summed E-state index contributed by atoms with van der Waals surface area (Å²) in [7, 11) is 5.94. The van der Waals surface area contributed by atoms with E-state index in [1.165, 1.54) is 0 Å². The minimum absolute atomic E-state index is 0.0485. The molecule has 0 radical (unpaired) electrons. The molecule has 2 aromatic rings. The van der Waals surface area contributed by atoms with Crippen molar-refractivity contribution in [3.63, 3.8) is 0 Å². The zero-order chi connectivity index (χ0) is 26.4. The lowest BCUT2D eigenvalue weighted by molar-refractivity contribution is -0.870. The Bertz CT molecular complexity index is 1020. The number of amides is 1. The molecule has 0 aliphatic heterocycles. The van der Waals surface area contributed by atoms with Crippen LogP contribution in [0.5, 0.6) is 0 Å². The van der Waals surface area contributed by atoms with Gasteiger partial charge in [-0.05, 0) is 22.3 Å². The van der Waals surface area contributed by atoms with Crippen LogP contribution in [0.1, 0.15) is 23.5 Å². The van der Waals surface area contributed by atoms with Crippen molar-refractivity contribution in [2.75, 3.05) is 34.3 Å². The minimum Gasteiger partial charge on any atom is -0.542 e. The average molecular weight is 496 g/mol. The van der Waals surface area contributed by atoms with E-state index in [9.17, 15) is 27.9 Å². The smallest absolute Gasteiger partial charge is 0.430 e. The van der Waals surface area contributed by atoms with Crippen LogP contribution in [-0.2, 0) is 14.3 Å². The van der Waals surface area contributed by atoms with Crippen LogP contribution in [0.25, 0.3) is 11.1 Å². The maximum Gasteiger partial charge on any atom is 0.430 e. The molecular weight excluding hydrogens is 469 g/mol. The van der Waals surface area contributed by atoms with Gasteiger partial charge in [0.25, 0.3) is 0 Å². The fourth-order valence-corrected chi connectivity index (χ4v) is 3.56. The molecule has 0 heterocycles. The number of fused-ring (bicyclic) bond motifs is 3. The summed E-state index contributed by atoms with van der Waals surface area (Å²) in [6.45, 7) is 0.794. The predicted octanol–water partition coefficient (Wildman–Crippen LogP) is 2.37. The van der Waals surface area contributed by atoms with Crippen molar-refractivity contribution in [2.24, 2.45) is 0 Å². The molecule has 35 heavy (non-hydrogen) atoms. The van der Waals surface area contributed by atoms with Crippen LogP contribution < -0.4 is 10.4 Å². The lowest BCUT2D eigenvalue weighted by Gasteiger charge is -2.25. The third-order valence-corrected chi connectivity index (χ3v) is 5.25. The van der Waals surface area contributed by atoms with Gasteiger partial charge in [0.1, 0.15) is 18.6 Å². The SMILES string of the molecule is C[N+](C)(C)CCC(NC(=O)OCC1c2ccccc2-c2ccccc21)C(=O)O.O=C([O-])C(F)(F)F. The number of rotatable bonds is 7. The Kier molecular flexibility index (Phi) is 8.86. The van der Waals surface area contributed by atoms with Crippen LogP contribution in [0.3, 0.4) is 0 Å². The van der Waals surface area contributed by atoms with Crippen molar-refractivity contribution in [3.05, 3.63) is 59.7 Å². The van der Waals surface area contributed by atoms with Crippen molar-refractivity contribution in [1.29, 1.82) is 0 Å². The molecule has 1 aliphatic rings. The summed E-state index contributed by atoms with van der Waals surface area (Å²) in [5.74, 6) is -4.11. The molecule has 0 fully saturated rings. The normalized spacial score (nSPS) is 13.5. The highest BCUT2D eigenvalue weighted by atomic mass is 19.4. The largest absolute Gasteiger partial charge is 0.542 e. The molecule has 2 N–H and O–H groups in total. The minimum atomic E-state index is -5.19. The quantitative estimate of drug-likeness (QED) is 0.569. The Hall–Kier alpha value is -3.60.